The third-order valence-electron chi connectivity index (χ3n) is 3.24. The van der Waals surface area contributed by atoms with Crippen molar-refractivity contribution < 1.29 is 0 Å². The van der Waals surface area contributed by atoms with E-state index in [-0.39, 0.29) is 5.69 Å². The van der Waals surface area contributed by atoms with E-state index >= 15 is 0 Å². The quantitative estimate of drug-likeness (QED) is 0.771. The van der Waals surface area contributed by atoms with Crippen LogP contribution in [0.1, 0.15) is 17.0 Å². The van der Waals surface area contributed by atoms with E-state index < -0.39 is 0 Å². The minimum Gasteiger partial charge on any atom is -0.289 e. The van der Waals surface area contributed by atoms with Crippen LogP contribution < -0.4 is 11.1 Å². The lowest BCUT2D eigenvalue weighted by atomic mass is 10.1. The Morgan fingerprint density at radius 2 is 1.81 bits per heavy atom. The minimum atomic E-state index is -0.277. The Morgan fingerprint density at radius 1 is 1.10 bits per heavy atom. The lowest BCUT2D eigenvalue weighted by molar-refractivity contribution is 0.829. The number of nitrogens with zero attached hydrogens (tertiary/aromatic N) is 2. The van der Waals surface area contributed by atoms with Crippen LogP contribution in [0.25, 0.3) is 0 Å². The SMILES string of the molecule is Cc1ccc(Cc2n[nH]c(=O)n2Nc2ccccc2)cc1. The Kier molecular flexibility index (Phi) is 3.55. The van der Waals surface area contributed by atoms with E-state index in [0.29, 0.717) is 12.2 Å². The molecule has 0 saturated heterocycles. The van der Waals surface area contributed by atoms with Gasteiger partial charge in [-0.1, -0.05) is 48.0 Å². The Hall–Kier alpha value is -2.82. The molecular weight excluding hydrogens is 264 g/mol. The van der Waals surface area contributed by atoms with Crippen LogP contribution in [0, 0.1) is 6.92 Å². The molecule has 1 aromatic heterocycles. The fourth-order valence-electron chi connectivity index (χ4n) is 2.09. The molecule has 3 aromatic rings. The fraction of sp³-hybridized carbons (Fsp3) is 0.125. The van der Waals surface area contributed by atoms with Gasteiger partial charge in [-0.25, -0.2) is 9.89 Å². The van der Waals surface area contributed by atoms with Crippen molar-refractivity contribution in [3.8, 4) is 0 Å². The van der Waals surface area contributed by atoms with Crippen molar-refractivity contribution in [2.75, 3.05) is 5.43 Å². The number of rotatable bonds is 4. The minimum absolute atomic E-state index is 0.277. The highest BCUT2D eigenvalue weighted by Gasteiger charge is 2.09. The molecular formula is C16H16N4O. The van der Waals surface area contributed by atoms with Crippen LogP contribution >= 0.6 is 0 Å². The molecule has 0 saturated carbocycles. The second kappa shape index (κ2) is 5.66. The molecule has 1 heterocycles. The maximum absolute atomic E-state index is 11.9. The van der Waals surface area contributed by atoms with Crippen LogP contribution in [-0.4, -0.2) is 14.9 Å². The molecule has 3 rings (SSSR count). The van der Waals surface area contributed by atoms with Gasteiger partial charge >= 0.3 is 5.69 Å². The van der Waals surface area contributed by atoms with Gasteiger partial charge < -0.3 is 0 Å². The normalized spacial score (nSPS) is 10.5. The van der Waals surface area contributed by atoms with Crippen LogP contribution in [0.3, 0.4) is 0 Å². The van der Waals surface area contributed by atoms with Crippen molar-refractivity contribution in [1.29, 1.82) is 0 Å². The van der Waals surface area contributed by atoms with Gasteiger partial charge in [0.1, 0.15) is 0 Å². The van der Waals surface area contributed by atoms with Crippen molar-refractivity contribution in [2.45, 2.75) is 13.3 Å². The summed E-state index contributed by atoms with van der Waals surface area (Å²) >= 11 is 0. The van der Waals surface area contributed by atoms with E-state index in [1.54, 1.807) is 0 Å². The van der Waals surface area contributed by atoms with Crippen molar-refractivity contribution in [1.82, 2.24) is 14.9 Å². The Labute approximate surface area is 122 Å². The average Bonchev–Trinajstić information content (AvgIpc) is 2.84. The summed E-state index contributed by atoms with van der Waals surface area (Å²) in [6.07, 6.45) is 0.582. The molecule has 0 bridgehead atoms. The third kappa shape index (κ3) is 3.02. The predicted octanol–water partition coefficient (Wildman–Crippen LogP) is 2.35. The van der Waals surface area contributed by atoms with Crippen LogP contribution in [0.5, 0.6) is 0 Å². The number of para-hydroxylation sites is 1. The molecule has 0 unspecified atom stereocenters. The topological polar surface area (TPSA) is 62.7 Å². The van der Waals surface area contributed by atoms with Gasteiger partial charge in [-0.05, 0) is 24.6 Å². The summed E-state index contributed by atoms with van der Waals surface area (Å²) in [6.45, 7) is 2.05. The molecule has 0 aliphatic carbocycles. The maximum Gasteiger partial charge on any atom is 0.362 e. The van der Waals surface area contributed by atoms with Crippen molar-refractivity contribution in [3.05, 3.63) is 82.0 Å². The van der Waals surface area contributed by atoms with Gasteiger partial charge in [-0.2, -0.15) is 9.77 Å². The van der Waals surface area contributed by atoms with Gasteiger partial charge in [0, 0.05) is 6.42 Å². The smallest absolute Gasteiger partial charge is 0.289 e. The van der Waals surface area contributed by atoms with Gasteiger partial charge in [0.15, 0.2) is 5.82 Å². The zero-order chi connectivity index (χ0) is 14.7. The molecule has 5 heteroatoms. The standard InChI is InChI=1S/C16H16N4O/c1-12-7-9-13(10-8-12)11-15-17-18-16(21)20(15)19-14-5-3-2-4-6-14/h2-10,19H,11H2,1H3,(H,18,21). The number of aromatic nitrogens is 3. The first-order chi connectivity index (χ1) is 10.2. The molecule has 0 aliphatic rings. The number of hydrogen-bond acceptors (Lipinski definition) is 3. The first-order valence-corrected chi connectivity index (χ1v) is 6.76. The second-order valence-corrected chi connectivity index (χ2v) is 4.92. The monoisotopic (exact) mass is 280 g/mol. The van der Waals surface area contributed by atoms with Crippen molar-refractivity contribution in [2.24, 2.45) is 0 Å². The van der Waals surface area contributed by atoms with E-state index in [0.717, 1.165) is 11.3 Å². The average molecular weight is 280 g/mol. The zero-order valence-electron chi connectivity index (χ0n) is 11.7. The van der Waals surface area contributed by atoms with E-state index in [2.05, 4.69) is 27.8 Å². The molecule has 0 atom stereocenters. The van der Waals surface area contributed by atoms with Gasteiger partial charge in [0.2, 0.25) is 0 Å². The predicted molar refractivity (Wildman–Crippen MR) is 82.3 cm³/mol. The van der Waals surface area contributed by atoms with Crippen LogP contribution in [0.2, 0.25) is 0 Å². The number of aromatic amines is 1. The van der Waals surface area contributed by atoms with E-state index in [9.17, 15) is 4.79 Å². The molecule has 0 radical (unpaired) electrons. The molecule has 0 fully saturated rings. The second-order valence-electron chi connectivity index (χ2n) is 4.92. The number of benzene rings is 2. The summed E-state index contributed by atoms with van der Waals surface area (Å²) in [7, 11) is 0. The maximum atomic E-state index is 11.9. The Balaban J connectivity index is 1.87. The summed E-state index contributed by atoms with van der Waals surface area (Å²) in [5, 5.41) is 6.58. The highest BCUT2D eigenvalue weighted by atomic mass is 16.2. The molecule has 0 amide bonds. The van der Waals surface area contributed by atoms with Crippen LogP contribution in [-0.2, 0) is 6.42 Å². The number of nitrogens with one attached hydrogen (secondary N) is 2. The van der Waals surface area contributed by atoms with Gasteiger partial charge in [-0.3, -0.25) is 5.43 Å². The highest BCUT2D eigenvalue weighted by molar-refractivity contribution is 5.42. The van der Waals surface area contributed by atoms with E-state index in [1.807, 2.05) is 49.4 Å². The summed E-state index contributed by atoms with van der Waals surface area (Å²) in [6, 6.07) is 17.7. The molecule has 0 aliphatic heterocycles. The fourth-order valence-corrected chi connectivity index (χ4v) is 2.09. The lowest BCUT2D eigenvalue weighted by Crippen LogP contribution is -2.25. The summed E-state index contributed by atoms with van der Waals surface area (Å²) in [4.78, 5) is 11.9. The highest BCUT2D eigenvalue weighted by Crippen LogP contribution is 2.09. The summed E-state index contributed by atoms with van der Waals surface area (Å²) < 4.78 is 1.44. The van der Waals surface area contributed by atoms with Gasteiger partial charge in [-0.15, -0.1) is 0 Å². The zero-order valence-corrected chi connectivity index (χ0v) is 11.7. The van der Waals surface area contributed by atoms with Gasteiger partial charge in [0.05, 0.1) is 5.69 Å². The molecule has 2 aromatic carbocycles. The third-order valence-corrected chi connectivity index (χ3v) is 3.24. The molecule has 5 nitrogen and oxygen atoms in total. The first-order valence-electron chi connectivity index (χ1n) is 6.76. The molecule has 0 spiro atoms. The van der Waals surface area contributed by atoms with E-state index in [4.69, 9.17) is 0 Å². The first kappa shape index (κ1) is 13.2. The molecule has 2 N–H and O–H groups in total. The number of hydrogen-bond donors (Lipinski definition) is 2. The Bertz CT molecular complexity index is 772. The summed E-state index contributed by atoms with van der Waals surface area (Å²) in [5.41, 5.74) is 5.94. The summed E-state index contributed by atoms with van der Waals surface area (Å²) in [5.74, 6) is 0.646. The molecule has 106 valence electrons. The van der Waals surface area contributed by atoms with Crippen molar-refractivity contribution >= 4 is 5.69 Å². The van der Waals surface area contributed by atoms with Gasteiger partial charge in [0.25, 0.3) is 0 Å². The number of anilines is 1. The Morgan fingerprint density at radius 3 is 2.52 bits per heavy atom. The van der Waals surface area contributed by atoms with Crippen LogP contribution in [0.15, 0.2) is 59.4 Å². The number of H-pyrrole nitrogens is 1. The molecule has 21 heavy (non-hydrogen) atoms. The lowest BCUT2D eigenvalue weighted by Gasteiger charge is -2.09. The van der Waals surface area contributed by atoms with E-state index in [1.165, 1.54) is 10.2 Å². The number of aryl methyl sites for hydroxylation is 1. The van der Waals surface area contributed by atoms with Crippen molar-refractivity contribution in [3.63, 3.8) is 0 Å². The van der Waals surface area contributed by atoms with Crippen LogP contribution in [0.4, 0.5) is 5.69 Å². The largest absolute Gasteiger partial charge is 0.362 e.